The SMILES string of the molecule is Cc1[nH]c(C(F)(F)F)nc1CC1CCNC1. The molecule has 6 heteroatoms. The van der Waals surface area contributed by atoms with Gasteiger partial charge in [0.2, 0.25) is 5.82 Å². The Bertz CT molecular complexity index is 364. The van der Waals surface area contributed by atoms with Gasteiger partial charge >= 0.3 is 6.18 Å². The standard InChI is InChI=1S/C10H14F3N3/c1-6-8(4-7-2-3-14-5-7)16-9(15-6)10(11,12)13/h7,14H,2-5H2,1H3,(H,15,16). The Labute approximate surface area is 91.5 Å². The van der Waals surface area contributed by atoms with Crippen molar-refractivity contribution in [3.63, 3.8) is 0 Å². The predicted molar refractivity (Wildman–Crippen MR) is 53.0 cm³/mol. The van der Waals surface area contributed by atoms with Crippen molar-refractivity contribution in [2.24, 2.45) is 5.92 Å². The van der Waals surface area contributed by atoms with Crippen LogP contribution in [0.1, 0.15) is 23.6 Å². The molecule has 1 aliphatic heterocycles. The van der Waals surface area contributed by atoms with Gasteiger partial charge in [-0.2, -0.15) is 13.2 Å². The van der Waals surface area contributed by atoms with Crippen LogP contribution in [-0.2, 0) is 12.6 Å². The lowest BCUT2D eigenvalue weighted by Gasteiger charge is -2.05. The van der Waals surface area contributed by atoms with E-state index >= 15 is 0 Å². The molecule has 0 amide bonds. The second-order valence-electron chi connectivity index (χ2n) is 4.22. The van der Waals surface area contributed by atoms with Crippen molar-refractivity contribution in [3.8, 4) is 0 Å². The number of H-pyrrole nitrogens is 1. The Balaban J connectivity index is 2.12. The summed E-state index contributed by atoms with van der Waals surface area (Å²) in [6, 6.07) is 0. The van der Waals surface area contributed by atoms with Gasteiger partial charge in [-0.25, -0.2) is 4.98 Å². The summed E-state index contributed by atoms with van der Waals surface area (Å²) in [6.07, 6.45) is -2.75. The van der Waals surface area contributed by atoms with Gasteiger partial charge in [-0.05, 0) is 38.8 Å². The summed E-state index contributed by atoms with van der Waals surface area (Å²) in [5.74, 6) is -0.478. The molecule has 3 nitrogen and oxygen atoms in total. The molecule has 2 rings (SSSR count). The minimum Gasteiger partial charge on any atom is -0.338 e. The van der Waals surface area contributed by atoms with Crippen LogP contribution < -0.4 is 5.32 Å². The summed E-state index contributed by atoms with van der Waals surface area (Å²) in [5, 5.41) is 3.19. The maximum absolute atomic E-state index is 12.4. The minimum atomic E-state index is -4.38. The highest BCUT2D eigenvalue weighted by Crippen LogP contribution is 2.28. The number of nitrogens with zero attached hydrogens (tertiary/aromatic N) is 1. The molecule has 0 radical (unpaired) electrons. The van der Waals surface area contributed by atoms with Crippen LogP contribution in [-0.4, -0.2) is 23.1 Å². The number of nitrogens with one attached hydrogen (secondary N) is 2. The molecule has 1 aromatic heterocycles. The Hall–Kier alpha value is -1.04. The first-order valence-electron chi connectivity index (χ1n) is 5.30. The second-order valence-corrected chi connectivity index (χ2v) is 4.22. The van der Waals surface area contributed by atoms with Crippen molar-refractivity contribution in [1.29, 1.82) is 0 Å². The fourth-order valence-electron chi connectivity index (χ4n) is 1.99. The van der Waals surface area contributed by atoms with Crippen LogP contribution in [0.5, 0.6) is 0 Å². The summed E-state index contributed by atoms with van der Waals surface area (Å²) >= 11 is 0. The van der Waals surface area contributed by atoms with Crippen molar-refractivity contribution in [1.82, 2.24) is 15.3 Å². The van der Waals surface area contributed by atoms with Gasteiger partial charge in [0.25, 0.3) is 0 Å². The van der Waals surface area contributed by atoms with Gasteiger partial charge in [0, 0.05) is 5.69 Å². The summed E-state index contributed by atoms with van der Waals surface area (Å²) in [4.78, 5) is 5.94. The van der Waals surface area contributed by atoms with Crippen LogP contribution >= 0.6 is 0 Å². The number of aromatic amines is 1. The van der Waals surface area contributed by atoms with E-state index in [4.69, 9.17) is 0 Å². The zero-order valence-corrected chi connectivity index (χ0v) is 8.99. The lowest BCUT2D eigenvalue weighted by molar-refractivity contribution is -0.144. The van der Waals surface area contributed by atoms with Gasteiger partial charge in [0.1, 0.15) is 0 Å². The van der Waals surface area contributed by atoms with Gasteiger partial charge in [-0.1, -0.05) is 0 Å². The number of hydrogen-bond donors (Lipinski definition) is 2. The third-order valence-electron chi connectivity index (χ3n) is 2.90. The highest BCUT2D eigenvalue weighted by Gasteiger charge is 2.35. The summed E-state index contributed by atoms with van der Waals surface area (Å²) in [6.45, 7) is 3.45. The van der Waals surface area contributed by atoms with E-state index in [9.17, 15) is 13.2 Å². The Morgan fingerprint density at radius 2 is 2.19 bits per heavy atom. The zero-order chi connectivity index (χ0) is 11.8. The van der Waals surface area contributed by atoms with Gasteiger partial charge in [-0.3, -0.25) is 0 Å². The summed E-state index contributed by atoms with van der Waals surface area (Å²) in [5.41, 5.74) is 1.07. The summed E-state index contributed by atoms with van der Waals surface area (Å²) in [7, 11) is 0. The molecule has 90 valence electrons. The fourth-order valence-corrected chi connectivity index (χ4v) is 1.99. The molecule has 1 aromatic rings. The first kappa shape index (κ1) is 11.4. The van der Waals surface area contributed by atoms with Crippen LogP contribution in [0.3, 0.4) is 0 Å². The average Bonchev–Trinajstić information content (AvgIpc) is 2.76. The van der Waals surface area contributed by atoms with Gasteiger partial charge in [0.05, 0.1) is 5.69 Å². The predicted octanol–water partition coefficient (Wildman–Crippen LogP) is 1.89. The molecule has 1 atom stereocenters. The molecule has 16 heavy (non-hydrogen) atoms. The Morgan fingerprint density at radius 1 is 1.44 bits per heavy atom. The molecule has 1 aliphatic rings. The van der Waals surface area contributed by atoms with Gasteiger partial charge in [0.15, 0.2) is 0 Å². The second kappa shape index (κ2) is 4.08. The topological polar surface area (TPSA) is 40.7 Å². The largest absolute Gasteiger partial charge is 0.449 e. The third-order valence-corrected chi connectivity index (χ3v) is 2.90. The normalized spacial score (nSPS) is 21.6. The van der Waals surface area contributed by atoms with Crippen molar-refractivity contribution in [3.05, 3.63) is 17.2 Å². The number of aromatic nitrogens is 2. The van der Waals surface area contributed by atoms with Crippen molar-refractivity contribution < 1.29 is 13.2 Å². The molecule has 1 fully saturated rings. The third kappa shape index (κ3) is 2.37. The molecular formula is C10H14F3N3. The molecule has 0 bridgehead atoms. The summed E-state index contributed by atoms with van der Waals surface area (Å²) < 4.78 is 37.2. The lowest BCUT2D eigenvalue weighted by Crippen LogP contribution is -2.11. The first-order chi connectivity index (χ1) is 7.47. The molecule has 0 aromatic carbocycles. The molecule has 2 heterocycles. The monoisotopic (exact) mass is 233 g/mol. The van der Waals surface area contributed by atoms with Crippen LogP contribution in [0.15, 0.2) is 0 Å². The van der Waals surface area contributed by atoms with Crippen LogP contribution in [0, 0.1) is 12.8 Å². The van der Waals surface area contributed by atoms with Crippen LogP contribution in [0.4, 0.5) is 13.2 Å². The molecule has 1 unspecified atom stereocenters. The first-order valence-corrected chi connectivity index (χ1v) is 5.30. The fraction of sp³-hybridized carbons (Fsp3) is 0.700. The maximum Gasteiger partial charge on any atom is 0.449 e. The Morgan fingerprint density at radius 3 is 2.69 bits per heavy atom. The van der Waals surface area contributed by atoms with E-state index < -0.39 is 12.0 Å². The van der Waals surface area contributed by atoms with E-state index in [2.05, 4.69) is 15.3 Å². The molecule has 2 N–H and O–H groups in total. The van der Waals surface area contributed by atoms with Gasteiger partial charge in [-0.15, -0.1) is 0 Å². The average molecular weight is 233 g/mol. The smallest absolute Gasteiger partial charge is 0.338 e. The number of hydrogen-bond acceptors (Lipinski definition) is 2. The number of halogens is 3. The van der Waals surface area contributed by atoms with Crippen LogP contribution in [0.25, 0.3) is 0 Å². The quantitative estimate of drug-likeness (QED) is 0.819. The molecule has 0 aliphatic carbocycles. The number of rotatable bonds is 2. The molecule has 0 saturated carbocycles. The van der Waals surface area contributed by atoms with E-state index in [0.29, 0.717) is 23.7 Å². The molecular weight excluding hydrogens is 219 g/mol. The number of imidazole rings is 1. The molecule has 0 spiro atoms. The van der Waals surface area contributed by atoms with Crippen molar-refractivity contribution in [2.75, 3.05) is 13.1 Å². The number of alkyl halides is 3. The van der Waals surface area contributed by atoms with Crippen LogP contribution in [0.2, 0.25) is 0 Å². The zero-order valence-electron chi connectivity index (χ0n) is 8.99. The highest BCUT2D eigenvalue weighted by molar-refractivity contribution is 5.15. The Kier molecular flexibility index (Phi) is 2.92. The van der Waals surface area contributed by atoms with E-state index in [0.717, 1.165) is 19.5 Å². The maximum atomic E-state index is 12.4. The van der Waals surface area contributed by atoms with Gasteiger partial charge < -0.3 is 10.3 Å². The minimum absolute atomic E-state index is 0.406. The van der Waals surface area contributed by atoms with Crippen molar-refractivity contribution >= 4 is 0 Å². The molecule has 1 saturated heterocycles. The van der Waals surface area contributed by atoms with Crippen molar-refractivity contribution in [2.45, 2.75) is 25.9 Å². The van der Waals surface area contributed by atoms with E-state index in [1.54, 1.807) is 6.92 Å². The highest BCUT2D eigenvalue weighted by atomic mass is 19.4. The lowest BCUT2D eigenvalue weighted by atomic mass is 10.0. The number of aryl methyl sites for hydroxylation is 1. The van der Waals surface area contributed by atoms with E-state index in [1.807, 2.05) is 0 Å². The van der Waals surface area contributed by atoms with E-state index in [-0.39, 0.29) is 0 Å². The van der Waals surface area contributed by atoms with E-state index in [1.165, 1.54) is 0 Å².